The van der Waals surface area contributed by atoms with Crippen molar-refractivity contribution in [1.29, 1.82) is 0 Å². The van der Waals surface area contributed by atoms with Crippen molar-refractivity contribution >= 4 is 32.5 Å². The maximum atomic E-state index is 11.5. The molecule has 0 aliphatic heterocycles. The van der Waals surface area contributed by atoms with E-state index in [2.05, 4.69) is 16.7 Å². The Morgan fingerprint density at radius 1 is 1.25 bits per heavy atom. The lowest BCUT2D eigenvalue weighted by atomic mass is 10.1. The molecule has 2 heterocycles. The normalized spacial score (nSPS) is 11.4. The molecule has 0 atom stereocenters. The maximum absolute atomic E-state index is 11.5. The molecule has 3 rings (SSSR count). The van der Waals surface area contributed by atoms with Crippen LogP contribution in [-0.2, 0) is 7.05 Å². The van der Waals surface area contributed by atoms with Gasteiger partial charge in [-0.05, 0) is 24.6 Å². The van der Waals surface area contributed by atoms with Gasteiger partial charge in [0.25, 0.3) is 0 Å². The highest BCUT2D eigenvalue weighted by molar-refractivity contribution is 7.16. The third kappa shape index (κ3) is 1.15. The van der Waals surface area contributed by atoms with Gasteiger partial charge in [-0.2, -0.15) is 0 Å². The molecule has 3 heteroatoms. The van der Waals surface area contributed by atoms with Crippen molar-refractivity contribution in [3.8, 4) is 0 Å². The first-order valence-electron chi connectivity index (χ1n) is 5.16. The zero-order valence-corrected chi connectivity index (χ0v) is 9.97. The van der Waals surface area contributed by atoms with Crippen LogP contribution in [0, 0.1) is 6.92 Å². The molecule has 0 saturated heterocycles. The second-order valence-electron chi connectivity index (χ2n) is 4.00. The van der Waals surface area contributed by atoms with E-state index in [0.717, 1.165) is 10.4 Å². The van der Waals surface area contributed by atoms with Crippen LogP contribution in [0.3, 0.4) is 0 Å². The van der Waals surface area contributed by atoms with E-state index in [1.54, 1.807) is 6.07 Å². The summed E-state index contributed by atoms with van der Waals surface area (Å²) < 4.78 is 2.22. The van der Waals surface area contributed by atoms with Gasteiger partial charge in [0.15, 0.2) is 0 Å². The minimum Gasteiger partial charge on any atom is -0.335 e. The molecule has 0 amide bonds. The molecule has 2 nitrogen and oxygen atoms in total. The largest absolute Gasteiger partial charge is 0.335 e. The summed E-state index contributed by atoms with van der Waals surface area (Å²) in [6, 6.07) is 9.99. The highest BCUT2D eigenvalue weighted by Crippen LogP contribution is 2.30. The third-order valence-corrected chi connectivity index (χ3v) is 3.97. The Morgan fingerprint density at radius 2 is 2.00 bits per heavy atom. The second-order valence-corrected chi connectivity index (χ2v) is 5.00. The van der Waals surface area contributed by atoms with Crippen LogP contribution in [0.1, 0.15) is 5.56 Å². The number of hydrogen-bond donors (Lipinski definition) is 0. The zero-order valence-electron chi connectivity index (χ0n) is 9.15. The van der Waals surface area contributed by atoms with Crippen LogP contribution in [0.25, 0.3) is 21.1 Å². The Kier molecular flexibility index (Phi) is 1.91. The number of hydrogen-bond acceptors (Lipinski definition) is 2. The molecule has 0 aliphatic rings. The van der Waals surface area contributed by atoms with Gasteiger partial charge in [-0.25, -0.2) is 0 Å². The Hall–Kier alpha value is -1.61. The summed E-state index contributed by atoms with van der Waals surface area (Å²) >= 11 is 1.32. The van der Waals surface area contributed by atoms with Crippen molar-refractivity contribution in [2.75, 3.05) is 0 Å². The molecular formula is C13H11NOS. The Labute approximate surface area is 96.8 Å². The fourth-order valence-corrected chi connectivity index (χ4v) is 3.28. The number of fused-ring (bicyclic) bond motifs is 3. The summed E-state index contributed by atoms with van der Waals surface area (Å²) in [6.45, 7) is 2.00. The maximum Gasteiger partial charge on any atom is 0.234 e. The predicted octanol–water partition coefficient (Wildman–Crippen LogP) is 3.06. The molecule has 1 aromatic carbocycles. The standard InChI is InChI=1S/C13H11NOS/c1-8-7-11(15)16-13-12(8)9-5-3-4-6-10(9)14(13)2/h3-7H,1-2H3. The summed E-state index contributed by atoms with van der Waals surface area (Å²) in [7, 11) is 2.01. The first-order valence-corrected chi connectivity index (χ1v) is 5.98. The van der Waals surface area contributed by atoms with E-state index < -0.39 is 0 Å². The van der Waals surface area contributed by atoms with Crippen LogP contribution in [0.5, 0.6) is 0 Å². The summed E-state index contributed by atoms with van der Waals surface area (Å²) in [4.78, 5) is 12.6. The highest BCUT2D eigenvalue weighted by Gasteiger charge is 2.10. The fourth-order valence-electron chi connectivity index (χ4n) is 2.24. The topological polar surface area (TPSA) is 22.0 Å². The van der Waals surface area contributed by atoms with Crippen molar-refractivity contribution in [3.63, 3.8) is 0 Å². The molecule has 0 spiro atoms. The second kappa shape index (κ2) is 3.19. The zero-order chi connectivity index (χ0) is 11.3. The Balaban J connectivity index is 2.72. The molecule has 80 valence electrons. The number of benzene rings is 1. The minimum atomic E-state index is 0.121. The van der Waals surface area contributed by atoms with E-state index in [1.807, 2.05) is 26.1 Å². The summed E-state index contributed by atoms with van der Waals surface area (Å²) in [5.41, 5.74) is 2.25. The molecule has 0 aliphatic carbocycles. The van der Waals surface area contributed by atoms with Crippen LogP contribution >= 0.6 is 11.3 Å². The van der Waals surface area contributed by atoms with Gasteiger partial charge in [-0.1, -0.05) is 29.5 Å². The van der Waals surface area contributed by atoms with Gasteiger partial charge in [0.1, 0.15) is 4.83 Å². The molecular weight excluding hydrogens is 218 g/mol. The average molecular weight is 229 g/mol. The number of rotatable bonds is 0. The number of aryl methyl sites for hydroxylation is 2. The van der Waals surface area contributed by atoms with Crippen molar-refractivity contribution in [3.05, 3.63) is 45.4 Å². The predicted molar refractivity (Wildman–Crippen MR) is 69.3 cm³/mol. The smallest absolute Gasteiger partial charge is 0.234 e. The molecule has 0 unspecified atom stereocenters. The van der Waals surface area contributed by atoms with Gasteiger partial charge in [0.2, 0.25) is 4.74 Å². The first kappa shape index (κ1) is 9.60. The third-order valence-electron chi connectivity index (χ3n) is 2.98. The van der Waals surface area contributed by atoms with Crippen LogP contribution in [-0.4, -0.2) is 4.57 Å². The molecule has 0 radical (unpaired) electrons. The van der Waals surface area contributed by atoms with E-state index in [1.165, 1.54) is 27.6 Å². The van der Waals surface area contributed by atoms with Gasteiger partial charge in [0, 0.05) is 23.3 Å². The van der Waals surface area contributed by atoms with E-state index in [4.69, 9.17) is 0 Å². The van der Waals surface area contributed by atoms with Gasteiger partial charge >= 0.3 is 0 Å². The van der Waals surface area contributed by atoms with Gasteiger partial charge in [-0.15, -0.1) is 0 Å². The first-order chi connectivity index (χ1) is 7.68. The molecule has 0 saturated carbocycles. The van der Waals surface area contributed by atoms with Gasteiger partial charge in [0.05, 0.1) is 0 Å². The van der Waals surface area contributed by atoms with Crippen LogP contribution in [0.15, 0.2) is 35.1 Å². The van der Waals surface area contributed by atoms with Crippen LogP contribution < -0.4 is 4.74 Å². The monoisotopic (exact) mass is 229 g/mol. The number of para-hydroxylation sites is 1. The fraction of sp³-hybridized carbons (Fsp3) is 0.154. The lowest BCUT2D eigenvalue weighted by molar-refractivity contribution is 1.02. The van der Waals surface area contributed by atoms with Crippen LogP contribution in [0.2, 0.25) is 0 Å². The van der Waals surface area contributed by atoms with Crippen molar-refractivity contribution in [2.45, 2.75) is 6.92 Å². The van der Waals surface area contributed by atoms with Crippen LogP contribution in [0.4, 0.5) is 0 Å². The van der Waals surface area contributed by atoms with Gasteiger partial charge < -0.3 is 4.57 Å². The van der Waals surface area contributed by atoms with E-state index >= 15 is 0 Å². The quantitative estimate of drug-likeness (QED) is 0.580. The Morgan fingerprint density at radius 3 is 2.81 bits per heavy atom. The SMILES string of the molecule is Cc1cc(=O)sc2c1c1ccccc1n2C. The molecule has 3 aromatic rings. The molecule has 16 heavy (non-hydrogen) atoms. The molecule has 0 bridgehead atoms. The lowest BCUT2D eigenvalue weighted by Gasteiger charge is -1.96. The molecule has 0 N–H and O–H groups in total. The Bertz CT molecular complexity index is 752. The number of aromatic nitrogens is 1. The van der Waals surface area contributed by atoms with Crippen molar-refractivity contribution in [1.82, 2.24) is 4.57 Å². The van der Waals surface area contributed by atoms with E-state index in [9.17, 15) is 4.79 Å². The summed E-state index contributed by atoms with van der Waals surface area (Å²) in [6.07, 6.45) is 0. The summed E-state index contributed by atoms with van der Waals surface area (Å²) in [5.74, 6) is 0. The van der Waals surface area contributed by atoms with Gasteiger partial charge in [-0.3, -0.25) is 4.79 Å². The van der Waals surface area contributed by atoms with Crippen molar-refractivity contribution in [2.24, 2.45) is 7.05 Å². The van der Waals surface area contributed by atoms with E-state index in [0.29, 0.717) is 0 Å². The van der Waals surface area contributed by atoms with Crippen molar-refractivity contribution < 1.29 is 0 Å². The number of nitrogens with zero attached hydrogens (tertiary/aromatic N) is 1. The lowest BCUT2D eigenvalue weighted by Crippen LogP contribution is -1.94. The summed E-state index contributed by atoms with van der Waals surface area (Å²) in [5, 5.41) is 2.44. The minimum absolute atomic E-state index is 0.121. The molecule has 2 aromatic heterocycles. The average Bonchev–Trinajstić information content (AvgIpc) is 2.54. The van der Waals surface area contributed by atoms with E-state index in [-0.39, 0.29) is 4.74 Å². The highest BCUT2D eigenvalue weighted by atomic mass is 32.1. The molecule has 0 fully saturated rings.